The summed E-state index contributed by atoms with van der Waals surface area (Å²) in [4.78, 5) is 51.0. The Labute approximate surface area is 324 Å². The fourth-order valence-electron chi connectivity index (χ4n) is 6.04. The maximum atomic E-state index is 15.3. The van der Waals surface area contributed by atoms with Crippen LogP contribution in [0.4, 0.5) is 27.4 Å². The predicted octanol–water partition coefficient (Wildman–Crippen LogP) is 6.25. The second-order valence-corrected chi connectivity index (χ2v) is 15.1. The summed E-state index contributed by atoms with van der Waals surface area (Å²) in [6, 6.07) is 8.53. The van der Waals surface area contributed by atoms with E-state index in [-0.39, 0.29) is 21.9 Å². The van der Waals surface area contributed by atoms with Crippen molar-refractivity contribution >= 4 is 49.7 Å². The summed E-state index contributed by atoms with van der Waals surface area (Å²) >= 11 is 3.34. The van der Waals surface area contributed by atoms with Gasteiger partial charge in [-0.3, -0.25) is 14.4 Å². The number of halogens is 2. The van der Waals surface area contributed by atoms with Gasteiger partial charge in [-0.25, -0.2) is 19.3 Å². The van der Waals surface area contributed by atoms with Gasteiger partial charge in [0.1, 0.15) is 28.8 Å². The molecule has 0 saturated heterocycles. The molecule has 0 radical (unpaired) electrons. The Morgan fingerprint density at radius 1 is 0.782 bits per heavy atom. The first-order chi connectivity index (χ1) is 26.0. The minimum Gasteiger partial charge on any atom is -0.338 e. The number of pyridine rings is 3. The Morgan fingerprint density at radius 3 is 1.95 bits per heavy atom. The number of rotatable bonds is 7. The van der Waals surface area contributed by atoms with Crippen molar-refractivity contribution in [3.05, 3.63) is 133 Å². The van der Waals surface area contributed by atoms with E-state index in [1.807, 2.05) is 58.5 Å². The van der Waals surface area contributed by atoms with Crippen molar-refractivity contribution < 1.29 is 4.39 Å². The summed E-state index contributed by atoms with van der Waals surface area (Å²) in [6.07, 6.45) is 13.9. The first-order valence-electron chi connectivity index (χ1n) is 17.3. The normalized spacial score (nSPS) is 11.4. The van der Waals surface area contributed by atoms with Crippen LogP contribution in [0.25, 0.3) is 27.7 Å². The highest BCUT2D eigenvalue weighted by Crippen LogP contribution is 2.30. The Balaban J connectivity index is 0.000000268. The summed E-state index contributed by atoms with van der Waals surface area (Å²) in [5.41, 5.74) is 2.72. The molecule has 284 valence electrons. The number of nitrogens with zero attached hydrogens (tertiary/aromatic N) is 9. The lowest BCUT2D eigenvalue weighted by molar-refractivity contribution is 0.576. The van der Waals surface area contributed by atoms with E-state index in [0.29, 0.717) is 40.6 Å². The third-order valence-electron chi connectivity index (χ3n) is 8.87. The van der Waals surface area contributed by atoms with Crippen molar-refractivity contribution in [2.75, 3.05) is 10.6 Å². The monoisotopic (exact) mass is 809 g/mol. The van der Waals surface area contributed by atoms with E-state index in [0.717, 1.165) is 31.4 Å². The van der Waals surface area contributed by atoms with E-state index in [4.69, 9.17) is 0 Å². The van der Waals surface area contributed by atoms with Crippen molar-refractivity contribution in [1.82, 2.24) is 43.0 Å². The van der Waals surface area contributed by atoms with Gasteiger partial charge in [-0.15, -0.1) is 0 Å². The minimum absolute atomic E-state index is 0.0313. The van der Waals surface area contributed by atoms with Crippen molar-refractivity contribution in [2.45, 2.75) is 39.5 Å². The number of benzene rings is 1. The lowest BCUT2D eigenvalue weighted by Gasteiger charge is -2.20. The number of anilines is 4. The molecule has 16 heteroatoms. The molecule has 6 aromatic heterocycles. The maximum Gasteiger partial charge on any atom is 0.283 e. The van der Waals surface area contributed by atoms with E-state index in [2.05, 4.69) is 46.6 Å². The van der Waals surface area contributed by atoms with Gasteiger partial charge < -0.3 is 28.9 Å². The van der Waals surface area contributed by atoms with Crippen molar-refractivity contribution in [2.24, 2.45) is 28.2 Å². The standard InChI is InChI=1S/C29H30FN7O2.C10H11BrN4O/c1-7-20-21(18-11-23(27(38)36(6)14-18)34-24-15-35(5)16-32-24)8-9-31-26(20)37-28(39)25-17(13-33-37)10-19(12-22(25)30)29(2,3)4;1-14-5-9(12-6-14)13-8-3-7(11)4-15(2)10(8)16/h8-16,34H,7H2,1-6H3;3-6,13H,1-2H3. The average Bonchev–Trinajstić information content (AvgIpc) is 3.74. The van der Waals surface area contributed by atoms with Crippen molar-refractivity contribution in [3.8, 4) is 16.9 Å². The Kier molecular flexibility index (Phi) is 10.7. The summed E-state index contributed by atoms with van der Waals surface area (Å²) in [6.45, 7) is 7.91. The third-order valence-corrected chi connectivity index (χ3v) is 9.31. The predicted molar refractivity (Wildman–Crippen MR) is 216 cm³/mol. The van der Waals surface area contributed by atoms with Crippen LogP contribution in [0.5, 0.6) is 0 Å². The molecule has 0 aliphatic carbocycles. The Hall–Kier alpha value is -6.16. The minimum atomic E-state index is -0.587. The van der Waals surface area contributed by atoms with Gasteiger partial charge in [-0.2, -0.15) is 9.78 Å². The zero-order valence-electron chi connectivity index (χ0n) is 31.7. The number of nitrogens with one attached hydrogen (secondary N) is 2. The molecule has 0 atom stereocenters. The molecule has 14 nitrogen and oxygen atoms in total. The molecule has 7 rings (SSSR count). The van der Waals surface area contributed by atoms with Gasteiger partial charge in [0.05, 0.1) is 24.2 Å². The number of hydrogen-bond donors (Lipinski definition) is 2. The maximum absolute atomic E-state index is 15.3. The van der Waals surface area contributed by atoms with Crippen LogP contribution in [0.1, 0.15) is 38.8 Å². The zero-order valence-corrected chi connectivity index (χ0v) is 33.3. The molecule has 0 aliphatic heterocycles. The van der Waals surface area contributed by atoms with Crippen LogP contribution in [0.15, 0.2) is 99.0 Å². The second kappa shape index (κ2) is 15.3. The van der Waals surface area contributed by atoms with E-state index in [1.54, 1.807) is 74.4 Å². The SMILES string of the molecule is CCc1c(-c2cc(Nc3cn(C)cn3)c(=O)n(C)c2)ccnc1-n1ncc2cc(C(C)(C)C)cc(F)c2c1=O.Cn1cnc(Nc2cc(Br)cn(C)c2=O)c1. The number of aryl methyl sites for hydroxylation is 4. The molecule has 0 amide bonds. The fourth-order valence-corrected chi connectivity index (χ4v) is 6.58. The molecule has 0 bridgehead atoms. The lowest BCUT2D eigenvalue weighted by atomic mass is 9.86. The highest BCUT2D eigenvalue weighted by molar-refractivity contribution is 9.10. The van der Waals surface area contributed by atoms with Gasteiger partial charge >= 0.3 is 0 Å². The van der Waals surface area contributed by atoms with Gasteiger partial charge in [0.25, 0.3) is 16.7 Å². The highest BCUT2D eigenvalue weighted by Gasteiger charge is 2.21. The van der Waals surface area contributed by atoms with Crippen LogP contribution >= 0.6 is 15.9 Å². The summed E-state index contributed by atoms with van der Waals surface area (Å²) in [7, 11) is 7.10. The molecular weight excluding hydrogens is 769 g/mol. The van der Waals surface area contributed by atoms with Crippen LogP contribution in [-0.4, -0.2) is 43.0 Å². The molecule has 1 aromatic carbocycles. The lowest BCUT2D eigenvalue weighted by Crippen LogP contribution is -2.25. The van der Waals surface area contributed by atoms with E-state index in [1.165, 1.54) is 21.4 Å². The zero-order chi connectivity index (χ0) is 39.8. The van der Waals surface area contributed by atoms with Crippen LogP contribution < -0.4 is 27.3 Å². The van der Waals surface area contributed by atoms with Crippen molar-refractivity contribution in [1.29, 1.82) is 0 Å². The van der Waals surface area contributed by atoms with Crippen molar-refractivity contribution in [3.63, 3.8) is 0 Å². The number of imidazole rings is 2. The average molecular weight is 811 g/mol. The third kappa shape index (κ3) is 8.18. The van der Waals surface area contributed by atoms with Crippen LogP contribution in [0, 0.1) is 5.82 Å². The molecule has 6 heterocycles. The topological polar surface area (TPSA) is 151 Å². The molecule has 0 fully saturated rings. The summed E-state index contributed by atoms with van der Waals surface area (Å²) in [5, 5.41) is 10.9. The first-order valence-corrected chi connectivity index (χ1v) is 18.1. The number of aromatic nitrogens is 9. The molecule has 55 heavy (non-hydrogen) atoms. The van der Waals surface area contributed by atoms with Gasteiger partial charge in [-0.1, -0.05) is 27.7 Å². The number of fused-ring (bicyclic) bond motifs is 1. The van der Waals surface area contributed by atoms with E-state index in [9.17, 15) is 14.4 Å². The van der Waals surface area contributed by atoms with Gasteiger partial charge in [-0.05, 0) is 69.2 Å². The van der Waals surface area contributed by atoms with Gasteiger partial charge in [0.15, 0.2) is 5.82 Å². The van der Waals surface area contributed by atoms with Crippen LogP contribution in [-0.2, 0) is 40.0 Å². The molecule has 7 aromatic rings. The van der Waals surface area contributed by atoms with Gasteiger partial charge in [0, 0.05) is 80.2 Å². The fraction of sp³-hybridized carbons (Fsp3) is 0.256. The van der Waals surface area contributed by atoms with Crippen LogP contribution in [0.3, 0.4) is 0 Å². The van der Waals surface area contributed by atoms with Crippen LogP contribution in [0.2, 0.25) is 0 Å². The molecule has 0 saturated carbocycles. The molecule has 0 spiro atoms. The summed E-state index contributed by atoms with van der Waals surface area (Å²) in [5.74, 6) is 0.921. The Bertz CT molecular complexity index is 2740. The highest BCUT2D eigenvalue weighted by atomic mass is 79.9. The van der Waals surface area contributed by atoms with E-state index < -0.39 is 11.4 Å². The van der Waals surface area contributed by atoms with Gasteiger partial charge in [0.2, 0.25) is 0 Å². The quantitative estimate of drug-likeness (QED) is 0.191. The Morgan fingerprint density at radius 2 is 1.38 bits per heavy atom. The smallest absolute Gasteiger partial charge is 0.283 e. The molecule has 0 aliphatic rings. The number of hydrogen-bond acceptors (Lipinski definition) is 9. The molecule has 0 unspecified atom stereocenters. The molecular formula is C39H41BrFN11O3. The summed E-state index contributed by atoms with van der Waals surface area (Å²) < 4.78 is 23.8. The largest absolute Gasteiger partial charge is 0.338 e. The first kappa shape index (κ1) is 38.6. The van der Waals surface area contributed by atoms with E-state index >= 15 is 4.39 Å². The second-order valence-electron chi connectivity index (χ2n) is 14.2. The molecule has 2 N–H and O–H groups in total.